The van der Waals surface area contributed by atoms with Crippen LogP contribution in [0.15, 0.2) is 18.2 Å². The van der Waals surface area contributed by atoms with Gasteiger partial charge in [-0.1, -0.05) is 22.0 Å². The lowest BCUT2D eigenvalue weighted by atomic mass is 10.1. The lowest BCUT2D eigenvalue weighted by molar-refractivity contribution is -0.117. The summed E-state index contributed by atoms with van der Waals surface area (Å²) in [7, 11) is 0. The number of nitrogens with two attached hydrogens (primary N) is 1. The normalized spacial score (nSPS) is 12.5. The summed E-state index contributed by atoms with van der Waals surface area (Å²) in [6.45, 7) is 0. The zero-order valence-corrected chi connectivity index (χ0v) is 8.72. The second-order valence-electron chi connectivity index (χ2n) is 2.81. The molecule has 1 atom stereocenters. The lowest BCUT2D eigenvalue weighted by Gasteiger charge is -2.06. The van der Waals surface area contributed by atoms with Gasteiger partial charge >= 0.3 is 0 Å². The van der Waals surface area contributed by atoms with Gasteiger partial charge in [0.05, 0.1) is 4.83 Å². The van der Waals surface area contributed by atoms with Crippen molar-refractivity contribution in [2.24, 2.45) is 5.73 Å². The van der Waals surface area contributed by atoms with Gasteiger partial charge in [-0.25, -0.2) is 8.78 Å². The van der Waals surface area contributed by atoms with Gasteiger partial charge in [-0.2, -0.15) is 0 Å². The number of carbonyl (C=O) groups excluding carboxylic acids is 1. The third kappa shape index (κ3) is 2.77. The Morgan fingerprint density at radius 3 is 2.64 bits per heavy atom. The molecular formula is C9H8BrF2NO. The maximum atomic E-state index is 13.1. The Morgan fingerprint density at radius 2 is 2.14 bits per heavy atom. The van der Waals surface area contributed by atoms with E-state index in [1.54, 1.807) is 0 Å². The van der Waals surface area contributed by atoms with Gasteiger partial charge in [0, 0.05) is 6.07 Å². The molecule has 0 heterocycles. The molecular weight excluding hydrogens is 256 g/mol. The molecule has 1 aromatic rings. The van der Waals surface area contributed by atoms with Crippen LogP contribution in [0.5, 0.6) is 0 Å². The molecule has 0 aromatic heterocycles. The van der Waals surface area contributed by atoms with E-state index in [4.69, 9.17) is 5.73 Å². The fourth-order valence-electron chi connectivity index (χ4n) is 0.981. The maximum Gasteiger partial charge on any atom is 0.231 e. The van der Waals surface area contributed by atoms with Crippen molar-refractivity contribution in [3.63, 3.8) is 0 Å². The number of carbonyl (C=O) groups is 1. The first-order chi connectivity index (χ1) is 6.50. The summed E-state index contributed by atoms with van der Waals surface area (Å²) in [5.41, 5.74) is 5.24. The predicted octanol–water partition coefficient (Wildman–Crippen LogP) is 1.76. The highest BCUT2D eigenvalue weighted by Crippen LogP contribution is 2.14. The van der Waals surface area contributed by atoms with Crippen LogP contribution in [0, 0.1) is 11.6 Å². The Morgan fingerprint density at radius 1 is 1.50 bits per heavy atom. The number of hydrogen-bond acceptors (Lipinski definition) is 1. The first-order valence-corrected chi connectivity index (χ1v) is 4.79. The number of rotatable bonds is 3. The van der Waals surface area contributed by atoms with Crippen molar-refractivity contribution in [3.8, 4) is 0 Å². The molecule has 1 aromatic carbocycles. The van der Waals surface area contributed by atoms with E-state index in [0.717, 1.165) is 12.1 Å². The van der Waals surface area contributed by atoms with E-state index < -0.39 is 22.4 Å². The quantitative estimate of drug-likeness (QED) is 0.830. The standard InChI is InChI=1S/C9H8BrF2NO/c10-7(9(13)14)3-5-1-2-6(11)4-8(5)12/h1-2,4,7H,3H2,(H2,13,14). The van der Waals surface area contributed by atoms with Gasteiger partial charge in [-0.3, -0.25) is 4.79 Å². The van der Waals surface area contributed by atoms with Crippen molar-refractivity contribution in [2.75, 3.05) is 0 Å². The van der Waals surface area contributed by atoms with Crippen LogP contribution >= 0.6 is 15.9 Å². The molecule has 0 fully saturated rings. The molecule has 1 amide bonds. The van der Waals surface area contributed by atoms with E-state index in [9.17, 15) is 13.6 Å². The first-order valence-electron chi connectivity index (χ1n) is 3.88. The minimum atomic E-state index is -0.671. The highest BCUT2D eigenvalue weighted by molar-refractivity contribution is 9.10. The third-order valence-electron chi connectivity index (χ3n) is 1.72. The Kier molecular flexibility index (Phi) is 3.57. The van der Waals surface area contributed by atoms with Gasteiger partial charge in [-0.15, -0.1) is 0 Å². The van der Waals surface area contributed by atoms with Crippen LogP contribution in [-0.4, -0.2) is 10.7 Å². The van der Waals surface area contributed by atoms with Gasteiger partial charge < -0.3 is 5.73 Å². The number of primary amides is 1. The van der Waals surface area contributed by atoms with Crippen molar-refractivity contribution in [1.29, 1.82) is 0 Å². The smallest absolute Gasteiger partial charge is 0.231 e. The van der Waals surface area contributed by atoms with Gasteiger partial charge in [0.25, 0.3) is 0 Å². The molecule has 1 unspecified atom stereocenters. The van der Waals surface area contributed by atoms with E-state index in [0.29, 0.717) is 0 Å². The monoisotopic (exact) mass is 263 g/mol. The highest BCUT2D eigenvalue weighted by Gasteiger charge is 2.14. The zero-order chi connectivity index (χ0) is 10.7. The Bertz CT molecular complexity index is 357. The zero-order valence-electron chi connectivity index (χ0n) is 7.14. The van der Waals surface area contributed by atoms with Crippen LogP contribution in [-0.2, 0) is 11.2 Å². The molecule has 0 spiro atoms. The van der Waals surface area contributed by atoms with Gasteiger partial charge in [0.15, 0.2) is 0 Å². The minimum absolute atomic E-state index is 0.113. The second-order valence-corrected chi connectivity index (χ2v) is 3.92. The maximum absolute atomic E-state index is 13.1. The van der Waals surface area contributed by atoms with E-state index in [1.165, 1.54) is 6.07 Å². The van der Waals surface area contributed by atoms with E-state index in [2.05, 4.69) is 15.9 Å². The van der Waals surface area contributed by atoms with Crippen LogP contribution in [0.2, 0.25) is 0 Å². The van der Waals surface area contributed by atoms with E-state index in [-0.39, 0.29) is 12.0 Å². The summed E-state index contributed by atoms with van der Waals surface area (Å²) >= 11 is 3.00. The molecule has 5 heteroatoms. The highest BCUT2D eigenvalue weighted by atomic mass is 79.9. The molecule has 0 aliphatic heterocycles. The third-order valence-corrected chi connectivity index (χ3v) is 2.50. The SMILES string of the molecule is NC(=O)C(Br)Cc1ccc(F)cc1F. The van der Waals surface area contributed by atoms with Crippen molar-refractivity contribution >= 4 is 21.8 Å². The summed E-state index contributed by atoms with van der Waals surface area (Å²) < 4.78 is 25.6. The summed E-state index contributed by atoms with van der Waals surface area (Å²) in [6.07, 6.45) is 0.113. The Labute approximate surface area is 88.2 Å². The largest absolute Gasteiger partial charge is 0.369 e. The molecule has 2 nitrogen and oxygen atoms in total. The predicted molar refractivity (Wildman–Crippen MR) is 52.0 cm³/mol. The molecule has 0 bridgehead atoms. The van der Waals surface area contributed by atoms with Crippen LogP contribution < -0.4 is 5.73 Å². The molecule has 0 saturated carbocycles. The fraction of sp³-hybridized carbons (Fsp3) is 0.222. The van der Waals surface area contributed by atoms with E-state index >= 15 is 0 Å². The number of benzene rings is 1. The Hall–Kier alpha value is -0.970. The molecule has 0 radical (unpaired) electrons. The van der Waals surface area contributed by atoms with Crippen LogP contribution in [0.3, 0.4) is 0 Å². The second kappa shape index (κ2) is 4.50. The Balaban J connectivity index is 2.82. The lowest BCUT2D eigenvalue weighted by Crippen LogP contribution is -2.25. The van der Waals surface area contributed by atoms with Crippen molar-refractivity contribution < 1.29 is 13.6 Å². The molecule has 2 N–H and O–H groups in total. The summed E-state index contributed by atoms with van der Waals surface area (Å²) in [6, 6.07) is 3.21. The van der Waals surface area contributed by atoms with Crippen molar-refractivity contribution in [2.45, 2.75) is 11.2 Å². The average molecular weight is 264 g/mol. The number of alkyl halides is 1. The topological polar surface area (TPSA) is 43.1 Å². The molecule has 0 saturated heterocycles. The molecule has 76 valence electrons. The molecule has 14 heavy (non-hydrogen) atoms. The average Bonchev–Trinajstić information content (AvgIpc) is 2.09. The van der Waals surface area contributed by atoms with E-state index in [1.807, 2.05) is 0 Å². The molecule has 0 aliphatic carbocycles. The summed E-state index contributed by atoms with van der Waals surface area (Å²) in [4.78, 5) is 10.0. The van der Waals surface area contributed by atoms with Gasteiger partial charge in [-0.05, 0) is 18.1 Å². The fourth-order valence-corrected chi connectivity index (χ4v) is 1.33. The summed E-state index contributed by atoms with van der Waals surface area (Å²) in [5, 5.41) is 0. The van der Waals surface area contributed by atoms with Gasteiger partial charge in [0.1, 0.15) is 11.6 Å². The van der Waals surface area contributed by atoms with Crippen LogP contribution in [0.25, 0.3) is 0 Å². The molecule has 1 rings (SSSR count). The number of amides is 1. The summed E-state index contributed by atoms with van der Waals surface area (Å²) in [5.74, 6) is -1.89. The number of halogens is 3. The van der Waals surface area contributed by atoms with Gasteiger partial charge in [0.2, 0.25) is 5.91 Å². The first kappa shape index (κ1) is 11.1. The molecule has 0 aliphatic rings. The van der Waals surface area contributed by atoms with Crippen molar-refractivity contribution in [3.05, 3.63) is 35.4 Å². The number of hydrogen-bond donors (Lipinski definition) is 1. The van der Waals surface area contributed by atoms with Crippen LogP contribution in [0.1, 0.15) is 5.56 Å². The minimum Gasteiger partial charge on any atom is -0.369 e. The van der Waals surface area contributed by atoms with Crippen LogP contribution in [0.4, 0.5) is 8.78 Å². The van der Waals surface area contributed by atoms with Crippen molar-refractivity contribution in [1.82, 2.24) is 0 Å².